The van der Waals surface area contributed by atoms with Gasteiger partial charge >= 0.3 is 0 Å². The average molecular weight is 311 g/mol. The Hall–Kier alpha value is -2.90. The zero-order valence-corrected chi connectivity index (χ0v) is 12.2. The number of nitriles is 1. The van der Waals surface area contributed by atoms with Crippen molar-refractivity contribution in [2.45, 2.75) is 0 Å². The Kier molecular flexibility index (Phi) is 5.07. The smallest absolute Gasteiger partial charge is 0.258 e. The first-order valence-corrected chi connectivity index (χ1v) is 6.77. The molecule has 0 aliphatic carbocycles. The van der Waals surface area contributed by atoms with Gasteiger partial charge in [0.2, 0.25) is 0 Å². The van der Waals surface area contributed by atoms with Crippen LogP contribution in [0.15, 0.2) is 60.7 Å². The minimum Gasteiger partial charge on any atom is -0.258 e. The second kappa shape index (κ2) is 7.21. The minimum absolute atomic E-state index is 0.0251. The molecular formula is C17H11ClN2O2. The number of benzene rings is 2. The third-order valence-corrected chi connectivity index (χ3v) is 3.20. The van der Waals surface area contributed by atoms with Gasteiger partial charge in [-0.2, -0.15) is 5.26 Å². The van der Waals surface area contributed by atoms with Crippen LogP contribution in [0.2, 0.25) is 5.02 Å². The fraction of sp³-hybridized carbons (Fsp3) is 0. The lowest BCUT2D eigenvalue weighted by Crippen LogP contribution is -1.90. The van der Waals surface area contributed by atoms with Gasteiger partial charge in [-0.05, 0) is 35.9 Å². The Morgan fingerprint density at radius 3 is 2.50 bits per heavy atom. The number of allylic oxidation sites excluding steroid dienone is 3. The van der Waals surface area contributed by atoms with Gasteiger partial charge in [0.05, 0.1) is 22.1 Å². The first-order chi connectivity index (χ1) is 10.6. The van der Waals surface area contributed by atoms with Crippen LogP contribution < -0.4 is 0 Å². The number of para-hydroxylation sites is 1. The number of nitro benzene ring substituents is 1. The highest BCUT2D eigenvalue weighted by Crippen LogP contribution is 2.20. The normalized spacial score (nSPS) is 11.4. The molecule has 2 aromatic rings. The molecule has 0 unspecified atom stereocenters. The van der Waals surface area contributed by atoms with Crippen LogP contribution in [-0.4, -0.2) is 4.92 Å². The lowest BCUT2D eigenvalue weighted by molar-refractivity contribution is -0.385. The van der Waals surface area contributed by atoms with Crippen molar-refractivity contribution >= 4 is 28.9 Å². The quantitative estimate of drug-likeness (QED) is 0.350. The van der Waals surface area contributed by atoms with E-state index >= 15 is 0 Å². The second-order valence-corrected chi connectivity index (χ2v) is 4.81. The maximum absolute atomic E-state index is 10.9. The molecule has 0 bridgehead atoms. The monoisotopic (exact) mass is 310 g/mol. The van der Waals surface area contributed by atoms with Crippen molar-refractivity contribution in [1.82, 2.24) is 0 Å². The molecule has 0 atom stereocenters. The van der Waals surface area contributed by atoms with E-state index < -0.39 is 4.92 Å². The molecule has 5 heteroatoms. The lowest BCUT2D eigenvalue weighted by Gasteiger charge is -1.98. The molecule has 0 aliphatic heterocycles. The number of nitro groups is 1. The average Bonchev–Trinajstić information content (AvgIpc) is 2.53. The Labute approximate surface area is 132 Å². The van der Waals surface area contributed by atoms with E-state index in [1.165, 1.54) is 6.07 Å². The van der Waals surface area contributed by atoms with Crippen LogP contribution in [0.25, 0.3) is 11.6 Å². The van der Waals surface area contributed by atoms with Crippen molar-refractivity contribution in [2.75, 3.05) is 0 Å². The topological polar surface area (TPSA) is 66.9 Å². The summed E-state index contributed by atoms with van der Waals surface area (Å²) in [6.45, 7) is 0. The summed E-state index contributed by atoms with van der Waals surface area (Å²) >= 11 is 5.81. The van der Waals surface area contributed by atoms with E-state index in [1.54, 1.807) is 60.7 Å². The summed E-state index contributed by atoms with van der Waals surface area (Å²) in [4.78, 5) is 10.5. The summed E-state index contributed by atoms with van der Waals surface area (Å²) in [5.74, 6) is 0. The number of hydrogen-bond acceptors (Lipinski definition) is 3. The summed E-state index contributed by atoms with van der Waals surface area (Å²) in [5.41, 5.74) is 1.69. The SMILES string of the molecule is N#CC(=CC=Cc1ccccc1[N+](=O)[O-])c1ccc(Cl)cc1. The molecule has 0 amide bonds. The summed E-state index contributed by atoms with van der Waals surface area (Å²) in [6, 6.07) is 15.4. The lowest BCUT2D eigenvalue weighted by atomic mass is 10.1. The van der Waals surface area contributed by atoms with E-state index in [1.807, 2.05) is 0 Å². The van der Waals surface area contributed by atoms with Crippen LogP contribution >= 0.6 is 11.6 Å². The molecule has 2 rings (SSSR count). The van der Waals surface area contributed by atoms with Crippen molar-refractivity contribution in [1.29, 1.82) is 5.26 Å². The highest BCUT2D eigenvalue weighted by molar-refractivity contribution is 6.30. The van der Waals surface area contributed by atoms with E-state index in [2.05, 4.69) is 6.07 Å². The van der Waals surface area contributed by atoms with E-state index in [0.29, 0.717) is 16.2 Å². The summed E-state index contributed by atoms with van der Waals surface area (Å²) < 4.78 is 0. The van der Waals surface area contributed by atoms with Crippen molar-refractivity contribution < 1.29 is 4.92 Å². The minimum atomic E-state index is -0.437. The van der Waals surface area contributed by atoms with Gasteiger partial charge in [0.1, 0.15) is 0 Å². The van der Waals surface area contributed by atoms with Crippen LogP contribution in [0.3, 0.4) is 0 Å². The fourth-order valence-electron chi connectivity index (χ4n) is 1.87. The van der Waals surface area contributed by atoms with E-state index in [4.69, 9.17) is 11.6 Å². The fourth-order valence-corrected chi connectivity index (χ4v) is 2.00. The van der Waals surface area contributed by atoms with Gasteiger partial charge in [-0.3, -0.25) is 10.1 Å². The van der Waals surface area contributed by atoms with Crippen LogP contribution in [0.5, 0.6) is 0 Å². The van der Waals surface area contributed by atoms with Crippen molar-refractivity contribution in [3.8, 4) is 6.07 Å². The molecule has 0 saturated heterocycles. The van der Waals surface area contributed by atoms with Gasteiger partial charge in [0.15, 0.2) is 0 Å². The molecular weight excluding hydrogens is 300 g/mol. The molecule has 4 nitrogen and oxygen atoms in total. The first kappa shape index (κ1) is 15.5. The van der Waals surface area contributed by atoms with Gasteiger partial charge in [0.25, 0.3) is 5.69 Å². The highest BCUT2D eigenvalue weighted by Gasteiger charge is 2.08. The Morgan fingerprint density at radius 2 is 1.86 bits per heavy atom. The molecule has 2 aromatic carbocycles. The molecule has 0 heterocycles. The van der Waals surface area contributed by atoms with E-state index in [0.717, 1.165) is 5.56 Å². The predicted molar refractivity (Wildman–Crippen MR) is 87.2 cm³/mol. The van der Waals surface area contributed by atoms with E-state index in [9.17, 15) is 15.4 Å². The Bertz CT molecular complexity index is 787. The Balaban J connectivity index is 2.28. The van der Waals surface area contributed by atoms with Crippen molar-refractivity contribution in [2.24, 2.45) is 0 Å². The second-order valence-electron chi connectivity index (χ2n) is 4.37. The Morgan fingerprint density at radius 1 is 1.18 bits per heavy atom. The maximum Gasteiger partial charge on any atom is 0.276 e. The summed E-state index contributed by atoms with van der Waals surface area (Å²) in [6.07, 6.45) is 4.83. The molecule has 0 radical (unpaired) electrons. The molecule has 108 valence electrons. The molecule has 0 aromatic heterocycles. The third-order valence-electron chi connectivity index (χ3n) is 2.95. The van der Waals surface area contributed by atoms with Crippen LogP contribution in [0.4, 0.5) is 5.69 Å². The van der Waals surface area contributed by atoms with Crippen LogP contribution in [-0.2, 0) is 0 Å². The summed E-state index contributed by atoms with van der Waals surface area (Å²) in [5, 5.41) is 20.7. The standard InChI is InChI=1S/C17H11ClN2O2/c18-16-10-8-13(9-11-16)15(12-19)6-3-5-14-4-1-2-7-17(14)20(21)22/h1-11H. The number of hydrogen-bond donors (Lipinski definition) is 0. The number of halogens is 1. The van der Waals surface area contributed by atoms with Gasteiger partial charge in [-0.15, -0.1) is 0 Å². The molecule has 0 fully saturated rings. The van der Waals surface area contributed by atoms with Crippen molar-refractivity contribution in [3.63, 3.8) is 0 Å². The predicted octanol–water partition coefficient (Wildman–Crippen LogP) is 4.87. The number of nitrogens with zero attached hydrogens (tertiary/aromatic N) is 2. The van der Waals surface area contributed by atoms with Crippen molar-refractivity contribution in [3.05, 3.63) is 86.9 Å². The first-order valence-electron chi connectivity index (χ1n) is 6.39. The zero-order chi connectivity index (χ0) is 15.9. The molecule has 22 heavy (non-hydrogen) atoms. The summed E-state index contributed by atoms with van der Waals surface area (Å²) in [7, 11) is 0. The van der Waals surface area contributed by atoms with Gasteiger partial charge in [0, 0.05) is 11.1 Å². The number of rotatable bonds is 4. The zero-order valence-electron chi connectivity index (χ0n) is 11.4. The van der Waals surface area contributed by atoms with Gasteiger partial charge < -0.3 is 0 Å². The highest BCUT2D eigenvalue weighted by atomic mass is 35.5. The van der Waals surface area contributed by atoms with Crippen LogP contribution in [0, 0.1) is 21.4 Å². The third kappa shape index (κ3) is 3.81. The molecule has 0 N–H and O–H groups in total. The largest absolute Gasteiger partial charge is 0.276 e. The molecule has 0 saturated carbocycles. The van der Waals surface area contributed by atoms with E-state index in [-0.39, 0.29) is 5.69 Å². The van der Waals surface area contributed by atoms with Gasteiger partial charge in [-0.1, -0.05) is 41.9 Å². The maximum atomic E-state index is 10.9. The van der Waals surface area contributed by atoms with Gasteiger partial charge in [-0.25, -0.2) is 0 Å². The molecule has 0 spiro atoms. The molecule has 0 aliphatic rings. The van der Waals surface area contributed by atoms with Crippen LogP contribution in [0.1, 0.15) is 11.1 Å².